The maximum atomic E-state index is 12.5. The van der Waals surface area contributed by atoms with E-state index >= 15 is 0 Å². The number of aryl methyl sites for hydroxylation is 1. The zero-order valence-electron chi connectivity index (χ0n) is 13.2. The maximum absolute atomic E-state index is 12.5. The lowest BCUT2D eigenvalue weighted by atomic mass is 10.00. The Morgan fingerprint density at radius 1 is 1.22 bits per heavy atom. The number of rotatable bonds is 6. The van der Waals surface area contributed by atoms with Gasteiger partial charge in [-0.05, 0) is 55.2 Å². The molecule has 0 amide bonds. The molecule has 0 aliphatic heterocycles. The first-order chi connectivity index (χ1) is 10.8. The molecule has 0 radical (unpaired) electrons. The molecule has 1 unspecified atom stereocenters. The fourth-order valence-electron chi connectivity index (χ4n) is 2.18. The second-order valence-corrected chi connectivity index (χ2v) is 7.76. The first kappa shape index (κ1) is 17.6. The van der Waals surface area contributed by atoms with Crippen molar-refractivity contribution in [2.45, 2.75) is 25.2 Å². The van der Waals surface area contributed by atoms with Gasteiger partial charge in [0.15, 0.2) is 0 Å². The summed E-state index contributed by atoms with van der Waals surface area (Å²) >= 11 is 6.05. The summed E-state index contributed by atoms with van der Waals surface area (Å²) in [4.78, 5) is 0.237. The summed E-state index contributed by atoms with van der Waals surface area (Å²) in [5.74, 6) is 0.219. The molecule has 0 aromatic heterocycles. The van der Waals surface area contributed by atoms with Gasteiger partial charge >= 0.3 is 0 Å². The van der Waals surface area contributed by atoms with Crippen molar-refractivity contribution in [2.24, 2.45) is 5.92 Å². The molecule has 0 spiro atoms. The molecule has 0 saturated heterocycles. The van der Waals surface area contributed by atoms with Crippen molar-refractivity contribution >= 4 is 27.3 Å². The van der Waals surface area contributed by atoms with Gasteiger partial charge in [0.05, 0.1) is 10.6 Å². The van der Waals surface area contributed by atoms with E-state index in [1.807, 2.05) is 19.9 Å². The Bertz CT molecular complexity index is 798. The van der Waals surface area contributed by atoms with Gasteiger partial charge in [-0.2, -0.15) is 0 Å². The fraction of sp³-hybridized carbons (Fsp3) is 0.222. The molecule has 1 atom stereocenters. The Morgan fingerprint density at radius 3 is 2.48 bits per heavy atom. The van der Waals surface area contributed by atoms with Crippen LogP contribution in [-0.2, 0) is 16.4 Å². The standard InChI is InChI=1S/C18H20ClNO2S/c1-4-13(2)11-15-12-16(19)7-10-18(15)20-23(21,22)17-8-5-14(3)6-9-17/h4-10,12-13,20H,1,11H2,2-3H3. The van der Waals surface area contributed by atoms with Crippen molar-refractivity contribution in [1.82, 2.24) is 0 Å². The molecule has 122 valence electrons. The van der Waals surface area contributed by atoms with Crippen LogP contribution in [0.2, 0.25) is 5.02 Å². The highest BCUT2D eigenvalue weighted by molar-refractivity contribution is 7.92. The van der Waals surface area contributed by atoms with Gasteiger partial charge in [-0.3, -0.25) is 4.72 Å². The van der Waals surface area contributed by atoms with E-state index in [0.717, 1.165) is 11.1 Å². The predicted molar refractivity (Wildman–Crippen MR) is 96.5 cm³/mol. The Labute approximate surface area is 143 Å². The SMILES string of the molecule is C=CC(C)Cc1cc(Cl)ccc1NS(=O)(=O)c1ccc(C)cc1. The molecule has 3 nitrogen and oxygen atoms in total. The van der Waals surface area contributed by atoms with Gasteiger partial charge in [0.1, 0.15) is 0 Å². The fourth-order valence-corrected chi connectivity index (χ4v) is 3.48. The summed E-state index contributed by atoms with van der Waals surface area (Å²) in [6.07, 6.45) is 2.50. The topological polar surface area (TPSA) is 46.2 Å². The van der Waals surface area contributed by atoms with Gasteiger partial charge in [-0.25, -0.2) is 8.42 Å². The largest absolute Gasteiger partial charge is 0.279 e. The van der Waals surface area contributed by atoms with E-state index in [2.05, 4.69) is 11.3 Å². The highest BCUT2D eigenvalue weighted by Gasteiger charge is 2.16. The Balaban J connectivity index is 2.35. The first-order valence-electron chi connectivity index (χ1n) is 7.32. The second-order valence-electron chi connectivity index (χ2n) is 5.64. The van der Waals surface area contributed by atoms with Crippen molar-refractivity contribution in [3.05, 3.63) is 71.3 Å². The van der Waals surface area contributed by atoms with Crippen LogP contribution in [0.5, 0.6) is 0 Å². The summed E-state index contributed by atoms with van der Waals surface area (Å²) in [6, 6.07) is 11.9. The van der Waals surface area contributed by atoms with Gasteiger partial charge in [0, 0.05) is 5.02 Å². The number of hydrogen-bond acceptors (Lipinski definition) is 2. The van der Waals surface area contributed by atoms with E-state index in [9.17, 15) is 8.42 Å². The minimum Gasteiger partial charge on any atom is -0.279 e. The van der Waals surface area contributed by atoms with E-state index < -0.39 is 10.0 Å². The Hall–Kier alpha value is -1.78. The normalized spacial score (nSPS) is 12.7. The van der Waals surface area contributed by atoms with Crippen LogP contribution in [0.15, 0.2) is 60.0 Å². The molecule has 0 aliphatic rings. The molecule has 0 saturated carbocycles. The molecule has 2 rings (SSSR count). The highest BCUT2D eigenvalue weighted by Crippen LogP contribution is 2.26. The smallest absolute Gasteiger partial charge is 0.261 e. The molecule has 0 fully saturated rings. The molecule has 2 aromatic rings. The van der Waals surface area contributed by atoms with E-state index in [1.54, 1.807) is 42.5 Å². The molecule has 2 aromatic carbocycles. The summed E-state index contributed by atoms with van der Waals surface area (Å²) < 4.78 is 27.7. The van der Waals surface area contributed by atoms with Gasteiger partial charge in [-0.1, -0.05) is 42.3 Å². The number of hydrogen-bond donors (Lipinski definition) is 1. The van der Waals surface area contributed by atoms with Gasteiger partial charge < -0.3 is 0 Å². The van der Waals surface area contributed by atoms with E-state index in [1.165, 1.54) is 0 Å². The van der Waals surface area contributed by atoms with Crippen LogP contribution >= 0.6 is 11.6 Å². The van der Waals surface area contributed by atoms with E-state index in [-0.39, 0.29) is 10.8 Å². The minimum atomic E-state index is -3.63. The molecule has 23 heavy (non-hydrogen) atoms. The van der Waals surface area contributed by atoms with Crippen LogP contribution in [0.3, 0.4) is 0 Å². The lowest BCUT2D eigenvalue weighted by molar-refractivity contribution is 0.601. The number of halogens is 1. The number of benzene rings is 2. The average Bonchev–Trinajstić information content (AvgIpc) is 2.50. The lowest BCUT2D eigenvalue weighted by Gasteiger charge is -2.15. The van der Waals surface area contributed by atoms with Crippen LogP contribution in [0.4, 0.5) is 5.69 Å². The van der Waals surface area contributed by atoms with Gasteiger partial charge in [0.25, 0.3) is 10.0 Å². The number of allylic oxidation sites excluding steroid dienone is 1. The lowest BCUT2D eigenvalue weighted by Crippen LogP contribution is -2.14. The molecular weight excluding hydrogens is 330 g/mol. The molecule has 1 N–H and O–H groups in total. The van der Waals surface area contributed by atoms with Gasteiger partial charge in [0.2, 0.25) is 0 Å². The summed E-state index contributed by atoms with van der Waals surface area (Å²) in [6.45, 7) is 7.70. The van der Waals surface area contributed by atoms with E-state index in [4.69, 9.17) is 11.6 Å². The van der Waals surface area contributed by atoms with Crippen molar-refractivity contribution < 1.29 is 8.42 Å². The van der Waals surface area contributed by atoms with Crippen LogP contribution < -0.4 is 4.72 Å². The predicted octanol–water partition coefficient (Wildman–Crippen LogP) is 4.81. The zero-order valence-corrected chi connectivity index (χ0v) is 14.8. The quantitative estimate of drug-likeness (QED) is 0.760. The highest BCUT2D eigenvalue weighted by atomic mass is 35.5. The van der Waals surface area contributed by atoms with Crippen molar-refractivity contribution in [3.8, 4) is 0 Å². The van der Waals surface area contributed by atoms with Crippen LogP contribution in [-0.4, -0.2) is 8.42 Å². The van der Waals surface area contributed by atoms with E-state index in [0.29, 0.717) is 17.1 Å². The van der Waals surface area contributed by atoms with Crippen LogP contribution in [0, 0.1) is 12.8 Å². The monoisotopic (exact) mass is 349 g/mol. The number of anilines is 1. The Morgan fingerprint density at radius 2 is 1.87 bits per heavy atom. The summed E-state index contributed by atoms with van der Waals surface area (Å²) in [5.41, 5.74) is 2.40. The first-order valence-corrected chi connectivity index (χ1v) is 9.18. The molecular formula is C18H20ClNO2S. The molecule has 5 heteroatoms. The number of nitrogens with one attached hydrogen (secondary N) is 1. The second kappa shape index (κ2) is 7.20. The van der Waals surface area contributed by atoms with Crippen molar-refractivity contribution in [2.75, 3.05) is 4.72 Å². The third-order valence-electron chi connectivity index (χ3n) is 3.59. The molecule has 0 aliphatic carbocycles. The summed E-state index contributed by atoms with van der Waals surface area (Å²) in [7, 11) is -3.63. The Kier molecular flexibility index (Phi) is 5.50. The molecule has 0 bridgehead atoms. The maximum Gasteiger partial charge on any atom is 0.261 e. The minimum absolute atomic E-state index is 0.219. The third kappa shape index (κ3) is 4.60. The number of sulfonamides is 1. The summed E-state index contributed by atoms with van der Waals surface area (Å²) in [5, 5.41) is 0.578. The van der Waals surface area contributed by atoms with Crippen LogP contribution in [0.1, 0.15) is 18.1 Å². The van der Waals surface area contributed by atoms with Crippen molar-refractivity contribution in [3.63, 3.8) is 0 Å². The third-order valence-corrected chi connectivity index (χ3v) is 5.20. The van der Waals surface area contributed by atoms with Crippen LogP contribution in [0.25, 0.3) is 0 Å². The molecule has 0 heterocycles. The average molecular weight is 350 g/mol. The van der Waals surface area contributed by atoms with Crippen molar-refractivity contribution in [1.29, 1.82) is 0 Å². The van der Waals surface area contributed by atoms with Gasteiger partial charge in [-0.15, -0.1) is 6.58 Å². The zero-order chi connectivity index (χ0) is 17.0.